The molecule has 1 aromatic rings. The Hall–Kier alpha value is -1.67. The number of halogens is 4. The molecule has 1 fully saturated rings. The molecule has 4 nitrogen and oxygen atoms in total. The molecule has 1 aliphatic heterocycles. The smallest absolute Gasteiger partial charge is 0.394 e. The molecule has 1 N–H and O–H groups in total. The summed E-state index contributed by atoms with van der Waals surface area (Å²) in [4.78, 5) is 14.4. The van der Waals surface area contributed by atoms with Crippen LogP contribution in [0.15, 0.2) is 24.3 Å². The van der Waals surface area contributed by atoms with E-state index in [1.807, 2.05) is 0 Å². The van der Waals surface area contributed by atoms with E-state index in [9.17, 15) is 27.5 Å². The van der Waals surface area contributed by atoms with Crippen molar-refractivity contribution >= 4 is 5.91 Å². The third-order valence-electron chi connectivity index (χ3n) is 4.03. The van der Waals surface area contributed by atoms with Gasteiger partial charge in [0.1, 0.15) is 12.4 Å². The first-order chi connectivity index (χ1) is 10.7. The topological polar surface area (TPSA) is 43.8 Å². The van der Waals surface area contributed by atoms with Crippen molar-refractivity contribution in [3.8, 4) is 0 Å². The van der Waals surface area contributed by atoms with E-state index in [2.05, 4.69) is 0 Å². The van der Waals surface area contributed by atoms with Crippen molar-refractivity contribution in [3.63, 3.8) is 0 Å². The van der Waals surface area contributed by atoms with Gasteiger partial charge in [-0.2, -0.15) is 13.2 Å². The van der Waals surface area contributed by atoms with Gasteiger partial charge in [0, 0.05) is 6.54 Å². The number of alkyl halides is 3. The molecule has 2 rings (SSSR count). The van der Waals surface area contributed by atoms with Gasteiger partial charge in [-0.1, -0.05) is 12.1 Å². The van der Waals surface area contributed by atoms with E-state index in [1.165, 1.54) is 23.1 Å². The Morgan fingerprint density at radius 1 is 1.43 bits per heavy atom. The minimum Gasteiger partial charge on any atom is -0.394 e. The summed E-state index contributed by atoms with van der Waals surface area (Å²) in [7, 11) is 1.55. The van der Waals surface area contributed by atoms with Crippen molar-refractivity contribution in [2.75, 3.05) is 26.7 Å². The van der Waals surface area contributed by atoms with Gasteiger partial charge >= 0.3 is 6.18 Å². The molecule has 23 heavy (non-hydrogen) atoms. The molecule has 128 valence electrons. The number of hydrogen-bond donors (Lipinski definition) is 1. The Labute approximate surface area is 131 Å². The van der Waals surface area contributed by atoms with Gasteiger partial charge in [0.05, 0.1) is 18.7 Å². The lowest BCUT2D eigenvalue weighted by molar-refractivity contribution is -0.159. The molecule has 1 heterocycles. The van der Waals surface area contributed by atoms with Crippen LogP contribution < -0.4 is 0 Å². The lowest BCUT2D eigenvalue weighted by Crippen LogP contribution is -2.44. The van der Waals surface area contributed by atoms with Gasteiger partial charge in [-0.25, -0.2) is 4.39 Å². The molecule has 1 amide bonds. The molecule has 0 spiro atoms. The van der Waals surface area contributed by atoms with Crippen molar-refractivity contribution in [2.45, 2.75) is 24.7 Å². The Bertz CT molecular complexity index is 565. The largest absolute Gasteiger partial charge is 0.406 e. The number of likely N-dealkylation sites (tertiary alicyclic amines) is 1. The van der Waals surface area contributed by atoms with Crippen LogP contribution in [0.2, 0.25) is 0 Å². The first-order valence-electron chi connectivity index (χ1n) is 7.16. The summed E-state index contributed by atoms with van der Waals surface area (Å²) >= 11 is 0. The van der Waals surface area contributed by atoms with Crippen molar-refractivity contribution in [1.29, 1.82) is 0 Å². The molecule has 8 heteroatoms. The number of likely N-dealkylation sites (N-methyl/N-ethyl adjacent to an activating group) is 1. The number of amides is 1. The molecule has 0 bridgehead atoms. The van der Waals surface area contributed by atoms with Crippen LogP contribution >= 0.6 is 0 Å². The normalized spacial score (nSPS) is 20.4. The average Bonchev–Trinajstić information content (AvgIpc) is 2.79. The maximum absolute atomic E-state index is 13.3. The number of rotatable bonds is 5. The Balaban J connectivity index is 2.13. The third kappa shape index (κ3) is 4.20. The van der Waals surface area contributed by atoms with Crippen LogP contribution in [0.1, 0.15) is 18.0 Å². The second-order valence-electron chi connectivity index (χ2n) is 5.60. The Morgan fingerprint density at radius 3 is 2.70 bits per heavy atom. The minimum atomic E-state index is -4.44. The van der Waals surface area contributed by atoms with E-state index < -0.39 is 36.5 Å². The lowest BCUT2D eigenvalue weighted by Gasteiger charge is -2.31. The zero-order chi connectivity index (χ0) is 17.2. The van der Waals surface area contributed by atoms with Crippen molar-refractivity contribution in [1.82, 2.24) is 9.80 Å². The fourth-order valence-corrected chi connectivity index (χ4v) is 2.87. The lowest BCUT2D eigenvalue weighted by atomic mass is 10.0. The van der Waals surface area contributed by atoms with Gasteiger partial charge in [-0.3, -0.25) is 9.69 Å². The van der Waals surface area contributed by atoms with Crippen LogP contribution in [0.3, 0.4) is 0 Å². The molecular formula is C15H18F4N2O2. The maximum atomic E-state index is 13.3. The summed E-state index contributed by atoms with van der Waals surface area (Å²) in [6, 6.07) is 4.15. The van der Waals surface area contributed by atoms with Crippen LogP contribution in [0.25, 0.3) is 0 Å². The van der Waals surface area contributed by atoms with Crippen LogP contribution in [0, 0.1) is 5.82 Å². The van der Waals surface area contributed by atoms with Crippen LogP contribution in [-0.4, -0.2) is 59.8 Å². The van der Waals surface area contributed by atoms with Gasteiger partial charge in [0.25, 0.3) is 0 Å². The second kappa shape index (κ2) is 6.84. The fraction of sp³-hybridized carbons (Fsp3) is 0.533. The second-order valence-corrected chi connectivity index (χ2v) is 5.60. The molecule has 0 saturated carbocycles. The van der Waals surface area contributed by atoms with Gasteiger partial charge in [0.15, 0.2) is 0 Å². The Morgan fingerprint density at radius 2 is 2.13 bits per heavy atom. The fourth-order valence-electron chi connectivity index (χ4n) is 2.87. The quantitative estimate of drug-likeness (QED) is 0.837. The first-order valence-corrected chi connectivity index (χ1v) is 7.16. The highest BCUT2D eigenvalue weighted by molar-refractivity contribution is 5.84. The summed E-state index contributed by atoms with van der Waals surface area (Å²) in [6.45, 7) is -1.64. The predicted octanol–water partition coefficient (Wildman–Crippen LogP) is 1.95. The monoisotopic (exact) mass is 334 g/mol. The number of nitrogens with zero attached hydrogens (tertiary/aromatic N) is 2. The van der Waals surface area contributed by atoms with E-state index in [4.69, 9.17) is 0 Å². The summed E-state index contributed by atoms with van der Waals surface area (Å²) < 4.78 is 50.7. The molecule has 1 aromatic carbocycles. The van der Waals surface area contributed by atoms with Gasteiger partial charge < -0.3 is 10.0 Å². The number of carbonyl (C=O) groups excluding carboxylic acids is 1. The van der Waals surface area contributed by atoms with Crippen LogP contribution in [-0.2, 0) is 4.79 Å². The summed E-state index contributed by atoms with van der Waals surface area (Å²) in [6.07, 6.45) is -4.21. The zero-order valence-corrected chi connectivity index (χ0v) is 12.6. The molecule has 1 aliphatic rings. The van der Waals surface area contributed by atoms with Crippen LogP contribution in [0.4, 0.5) is 17.6 Å². The minimum absolute atomic E-state index is 0.00858. The highest BCUT2D eigenvalue weighted by Gasteiger charge is 2.42. The molecular weight excluding hydrogens is 316 g/mol. The molecule has 0 unspecified atom stereocenters. The summed E-state index contributed by atoms with van der Waals surface area (Å²) in [5.41, 5.74) is 0.470. The van der Waals surface area contributed by atoms with Crippen LogP contribution in [0.5, 0.6) is 0 Å². The maximum Gasteiger partial charge on any atom is 0.406 e. The molecule has 2 atom stereocenters. The number of carbonyl (C=O) groups is 1. The van der Waals surface area contributed by atoms with E-state index in [0.717, 1.165) is 4.90 Å². The number of aliphatic hydroxyl groups is 1. The number of benzene rings is 1. The number of aliphatic hydroxyl groups excluding tert-OH is 1. The van der Waals surface area contributed by atoms with Crippen molar-refractivity contribution in [2.24, 2.45) is 0 Å². The predicted molar refractivity (Wildman–Crippen MR) is 75.0 cm³/mol. The highest BCUT2D eigenvalue weighted by atomic mass is 19.4. The average molecular weight is 334 g/mol. The summed E-state index contributed by atoms with van der Waals surface area (Å²) in [5.74, 6) is -1.11. The zero-order valence-electron chi connectivity index (χ0n) is 12.6. The SMILES string of the molecule is CN([C@H](CO)c1cccc(F)c1)[C@H]1CCN(CC(F)(F)F)C1=O. The van der Waals surface area contributed by atoms with Crippen molar-refractivity contribution < 1.29 is 27.5 Å². The van der Waals surface area contributed by atoms with Gasteiger partial charge in [0.2, 0.25) is 5.91 Å². The summed E-state index contributed by atoms with van der Waals surface area (Å²) in [5, 5.41) is 9.57. The van der Waals surface area contributed by atoms with Gasteiger partial charge in [-0.05, 0) is 31.2 Å². The van der Waals surface area contributed by atoms with E-state index in [1.54, 1.807) is 13.1 Å². The van der Waals surface area contributed by atoms with E-state index in [-0.39, 0.29) is 19.6 Å². The molecule has 0 aromatic heterocycles. The Kier molecular flexibility index (Phi) is 5.26. The molecule has 1 saturated heterocycles. The highest BCUT2D eigenvalue weighted by Crippen LogP contribution is 2.28. The van der Waals surface area contributed by atoms with E-state index >= 15 is 0 Å². The molecule has 0 radical (unpaired) electrons. The number of hydrogen-bond acceptors (Lipinski definition) is 3. The van der Waals surface area contributed by atoms with E-state index in [0.29, 0.717) is 5.56 Å². The first kappa shape index (κ1) is 17.7. The van der Waals surface area contributed by atoms with Crippen molar-refractivity contribution in [3.05, 3.63) is 35.6 Å². The third-order valence-corrected chi connectivity index (χ3v) is 4.03. The van der Waals surface area contributed by atoms with Gasteiger partial charge in [-0.15, -0.1) is 0 Å². The standard InChI is InChI=1S/C15H18F4N2O2/c1-20(13(8-22)10-3-2-4-11(16)7-10)12-5-6-21(14(12)23)9-15(17,18)19/h2-4,7,12-13,22H,5-6,8-9H2,1H3/t12-,13+/m0/s1. The molecule has 0 aliphatic carbocycles.